The number of carbonyl (C=O) groups is 1. The van der Waals surface area contributed by atoms with Crippen LogP contribution in [0.3, 0.4) is 0 Å². The van der Waals surface area contributed by atoms with Gasteiger partial charge in [0.2, 0.25) is 0 Å². The zero-order chi connectivity index (χ0) is 12.7. The molecule has 0 aliphatic carbocycles. The van der Waals surface area contributed by atoms with Gasteiger partial charge < -0.3 is 15.3 Å². The Hall–Kier alpha value is -1.88. The molecule has 0 aliphatic rings. The van der Waals surface area contributed by atoms with E-state index in [1.165, 1.54) is 29.2 Å². The van der Waals surface area contributed by atoms with Crippen molar-refractivity contribution in [3.05, 3.63) is 42.7 Å². The zero-order valence-electron chi connectivity index (χ0n) is 9.40. The van der Waals surface area contributed by atoms with E-state index >= 15 is 0 Å². The van der Waals surface area contributed by atoms with Crippen molar-refractivity contribution in [1.29, 1.82) is 0 Å². The Labute approximate surface area is 99.4 Å². The van der Waals surface area contributed by atoms with Gasteiger partial charge in [0.15, 0.2) is 0 Å². The molecule has 0 atom stereocenters. The van der Waals surface area contributed by atoms with Crippen molar-refractivity contribution in [1.82, 2.24) is 4.90 Å². The van der Waals surface area contributed by atoms with E-state index in [1.807, 2.05) is 0 Å². The highest BCUT2D eigenvalue weighted by molar-refractivity contribution is 5.89. The van der Waals surface area contributed by atoms with Gasteiger partial charge in [-0.05, 0) is 24.3 Å². The van der Waals surface area contributed by atoms with Gasteiger partial charge in [0.25, 0.3) is 0 Å². The first kappa shape index (κ1) is 13.2. The summed E-state index contributed by atoms with van der Waals surface area (Å²) in [5.74, 6) is -0.360. The fourth-order valence-corrected chi connectivity index (χ4v) is 1.29. The number of halogens is 1. The molecule has 0 fully saturated rings. The largest absolute Gasteiger partial charge is 0.395 e. The predicted molar refractivity (Wildman–Crippen MR) is 64.3 cm³/mol. The van der Waals surface area contributed by atoms with Gasteiger partial charge in [-0.15, -0.1) is 6.58 Å². The fraction of sp³-hybridized carbons (Fsp3) is 0.250. The molecule has 17 heavy (non-hydrogen) atoms. The molecular formula is C12H15FN2O2. The smallest absolute Gasteiger partial charge is 0.322 e. The number of aliphatic hydroxyl groups excluding tert-OH is 1. The second kappa shape index (κ2) is 6.65. The number of hydrogen-bond donors (Lipinski definition) is 2. The van der Waals surface area contributed by atoms with Crippen LogP contribution in [0, 0.1) is 5.82 Å². The van der Waals surface area contributed by atoms with Crippen LogP contribution in [0.5, 0.6) is 0 Å². The summed E-state index contributed by atoms with van der Waals surface area (Å²) in [6.07, 6.45) is 1.57. The number of carbonyl (C=O) groups excluding carboxylic acids is 1. The van der Waals surface area contributed by atoms with Crippen molar-refractivity contribution in [3.8, 4) is 0 Å². The first-order chi connectivity index (χ1) is 8.17. The van der Waals surface area contributed by atoms with E-state index in [2.05, 4.69) is 11.9 Å². The van der Waals surface area contributed by atoms with Gasteiger partial charge in [0.1, 0.15) is 5.82 Å². The average molecular weight is 238 g/mol. The van der Waals surface area contributed by atoms with Crippen LogP contribution in [-0.2, 0) is 0 Å². The molecule has 0 aliphatic heterocycles. The third-order valence-electron chi connectivity index (χ3n) is 2.10. The molecule has 0 radical (unpaired) electrons. The highest BCUT2D eigenvalue weighted by Gasteiger charge is 2.11. The van der Waals surface area contributed by atoms with E-state index in [1.54, 1.807) is 6.08 Å². The van der Waals surface area contributed by atoms with E-state index in [0.717, 1.165) is 0 Å². The molecule has 1 aromatic rings. The van der Waals surface area contributed by atoms with Gasteiger partial charge in [-0.1, -0.05) is 6.08 Å². The first-order valence-corrected chi connectivity index (χ1v) is 5.20. The topological polar surface area (TPSA) is 52.6 Å². The number of amides is 2. The molecule has 0 saturated heterocycles. The minimum atomic E-state index is -0.360. The summed E-state index contributed by atoms with van der Waals surface area (Å²) >= 11 is 0. The summed E-state index contributed by atoms with van der Waals surface area (Å²) in [5, 5.41) is 11.4. The SMILES string of the molecule is C=CCN(CCO)C(=O)Nc1ccc(F)cc1. The van der Waals surface area contributed by atoms with Crippen LogP contribution in [0.1, 0.15) is 0 Å². The van der Waals surface area contributed by atoms with E-state index in [-0.39, 0.29) is 25.0 Å². The Morgan fingerprint density at radius 1 is 1.47 bits per heavy atom. The minimum absolute atomic E-state index is 0.120. The van der Waals surface area contributed by atoms with Crippen molar-refractivity contribution in [2.24, 2.45) is 0 Å². The van der Waals surface area contributed by atoms with Gasteiger partial charge >= 0.3 is 6.03 Å². The second-order valence-corrected chi connectivity index (χ2v) is 3.40. The third kappa shape index (κ3) is 4.24. The monoisotopic (exact) mass is 238 g/mol. The molecule has 4 nitrogen and oxygen atoms in total. The molecule has 0 spiro atoms. The standard InChI is InChI=1S/C12H15FN2O2/c1-2-7-15(8-9-16)12(17)14-11-5-3-10(13)4-6-11/h2-6,16H,1,7-9H2,(H,14,17). The summed E-state index contributed by atoms with van der Waals surface area (Å²) in [6.45, 7) is 3.97. The van der Waals surface area contributed by atoms with Crippen LogP contribution in [-0.4, -0.2) is 35.7 Å². The molecule has 1 aromatic carbocycles. The quantitative estimate of drug-likeness (QED) is 0.769. The lowest BCUT2D eigenvalue weighted by molar-refractivity contribution is 0.195. The maximum Gasteiger partial charge on any atom is 0.322 e. The molecule has 0 aromatic heterocycles. The lowest BCUT2D eigenvalue weighted by Gasteiger charge is -2.20. The predicted octanol–water partition coefficient (Wildman–Crippen LogP) is 1.84. The number of rotatable bonds is 5. The van der Waals surface area contributed by atoms with Crippen LogP contribution in [0.4, 0.5) is 14.9 Å². The highest BCUT2D eigenvalue weighted by atomic mass is 19.1. The maximum absolute atomic E-state index is 12.7. The van der Waals surface area contributed by atoms with E-state index in [9.17, 15) is 9.18 Å². The molecular weight excluding hydrogens is 223 g/mol. The van der Waals surface area contributed by atoms with Gasteiger partial charge in [-0.3, -0.25) is 0 Å². The zero-order valence-corrected chi connectivity index (χ0v) is 9.40. The summed E-state index contributed by atoms with van der Waals surface area (Å²) < 4.78 is 12.7. The number of hydrogen-bond acceptors (Lipinski definition) is 2. The Kier molecular flexibility index (Phi) is 5.16. The molecule has 2 amide bonds. The number of nitrogens with one attached hydrogen (secondary N) is 1. The van der Waals surface area contributed by atoms with Crippen LogP contribution in [0.2, 0.25) is 0 Å². The van der Waals surface area contributed by atoms with Gasteiger partial charge in [0, 0.05) is 18.8 Å². The van der Waals surface area contributed by atoms with Crippen LogP contribution >= 0.6 is 0 Å². The first-order valence-electron chi connectivity index (χ1n) is 5.20. The Morgan fingerprint density at radius 3 is 2.65 bits per heavy atom. The normalized spacial score (nSPS) is 9.76. The van der Waals surface area contributed by atoms with E-state index < -0.39 is 0 Å². The minimum Gasteiger partial charge on any atom is -0.395 e. The van der Waals surface area contributed by atoms with Crippen LogP contribution < -0.4 is 5.32 Å². The summed E-state index contributed by atoms with van der Waals surface area (Å²) in [6, 6.07) is 5.11. The Balaban J connectivity index is 2.62. The number of urea groups is 1. The van der Waals surface area contributed by atoms with Gasteiger partial charge in [-0.2, -0.15) is 0 Å². The molecule has 0 heterocycles. The number of anilines is 1. The van der Waals surface area contributed by atoms with Crippen molar-refractivity contribution < 1.29 is 14.3 Å². The Morgan fingerprint density at radius 2 is 2.12 bits per heavy atom. The van der Waals surface area contributed by atoms with Crippen molar-refractivity contribution in [2.75, 3.05) is 25.0 Å². The molecule has 0 saturated carbocycles. The van der Waals surface area contributed by atoms with Crippen LogP contribution in [0.25, 0.3) is 0 Å². The lowest BCUT2D eigenvalue weighted by atomic mass is 10.3. The molecule has 1 rings (SSSR count). The van der Waals surface area contributed by atoms with Gasteiger partial charge in [-0.25, -0.2) is 9.18 Å². The van der Waals surface area contributed by atoms with Crippen molar-refractivity contribution in [2.45, 2.75) is 0 Å². The van der Waals surface area contributed by atoms with E-state index in [0.29, 0.717) is 12.2 Å². The van der Waals surface area contributed by atoms with Crippen molar-refractivity contribution >= 4 is 11.7 Å². The molecule has 0 bridgehead atoms. The Bertz CT molecular complexity index is 379. The average Bonchev–Trinajstić information content (AvgIpc) is 2.32. The van der Waals surface area contributed by atoms with Crippen molar-refractivity contribution in [3.63, 3.8) is 0 Å². The highest BCUT2D eigenvalue weighted by Crippen LogP contribution is 2.09. The fourth-order valence-electron chi connectivity index (χ4n) is 1.29. The van der Waals surface area contributed by atoms with E-state index in [4.69, 9.17) is 5.11 Å². The summed E-state index contributed by atoms with van der Waals surface area (Å²) in [5.41, 5.74) is 0.503. The summed E-state index contributed by atoms with van der Waals surface area (Å²) in [7, 11) is 0. The number of nitrogens with zero attached hydrogens (tertiary/aromatic N) is 1. The summed E-state index contributed by atoms with van der Waals surface area (Å²) in [4.78, 5) is 13.1. The molecule has 0 unspecified atom stereocenters. The second-order valence-electron chi connectivity index (χ2n) is 3.40. The molecule has 2 N–H and O–H groups in total. The number of benzene rings is 1. The lowest BCUT2D eigenvalue weighted by Crippen LogP contribution is -2.37. The van der Waals surface area contributed by atoms with Gasteiger partial charge in [0.05, 0.1) is 6.61 Å². The third-order valence-corrected chi connectivity index (χ3v) is 2.10. The number of aliphatic hydroxyl groups is 1. The van der Waals surface area contributed by atoms with Crippen LogP contribution in [0.15, 0.2) is 36.9 Å². The molecule has 5 heteroatoms. The molecule has 92 valence electrons. The maximum atomic E-state index is 12.7.